The first-order valence-electron chi connectivity index (χ1n) is 8.60. The number of nitrogens with zero attached hydrogens (tertiary/aromatic N) is 2. The zero-order valence-electron chi connectivity index (χ0n) is 16.5. The molecule has 0 aliphatic carbocycles. The van der Waals surface area contributed by atoms with Gasteiger partial charge < -0.3 is 10.5 Å². The van der Waals surface area contributed by atoms with E-state index in [4.69, 9.17) is 40.5 Å². The van der Waals surface area contributed by atoms with E-state index in [0.29, 0.717) is 0 Å². The normalized spacial score (nSPS) is 13.4. The smallest absolute Gasteiger partial charge is 0.435 e. The van der Waals surface area contributed by atoms with E-state index in [1.165, 1.54) is 12.3 Å². The number of hydrogen-bond donors (Lipinski definition) is 1. The quantitative estimate of drug-likeness (QED) is 0.191. The minimum absolute atomic E-state index is 0.0657. The van der Waals surface area contributed by atoms with Gasteiger partial charge in [-0.05, 0) is 18.2 Å². The standard InChI is InChI=1S/C19H11Cl3F7N3O2/c1-34-16(33)11-2-8(6-32-15(11)22)9(5-30)7-31-14-12(20)3-10(4-13(14)21)17(23,18(24,25)26)19(27,28)29/h2-7H,30H2,1H3/b9-5+,31-7?. The average Bonchev–Trinajstić information content (AvgIpc) is 2.73. The van der Waals surface area contributed by atoms with E-state index in [1.54, 1.807) is 0 Å². The van der Waals surface area contributed by atoms with Crippen molar-refractivity contribution >= 4 is 58.2 Å². The van der Waals surface area contributed by atoms with Crippen molar-refractivity contribution in [2.45, 2.75) is 18.0 Å². The van der Waals surface area contributed by atoms with Gasteiger partial charge in [0.1, 0.15) is 10.8 Å². The number of aliphatic imine (C=N–C) groups is 1. The Morgan fingerprint density at radius 1 is 1.03 bits per heavy atom. The lowest BCUT2D eigenvalue weighted by Gasteiger charge is -2.30. The third kappa shape index (κ3) is 5.23. The molecule has 2 N–H and O–H groups in total. The monoisotopic (exact) mass is 551 g/mol. The molecule has 0 spiro atoms. The summed E-state index contributed by atoms with van der Waals surface area (Å²) in [6, 6.07) is 1.47. The van der Waals surface area contributed by atoms with Crippen LogP contribution in [-0.2, 0) is 10.4 Å². The van der Waals surface area contributed by atoms with E-state index in [0.717, 1.165) is 19.5 Å². The molecule has 1 heterocycles. The predicted octanol–water partition coefficient (Wildman–Crippen LogP) is 6.82. The molecular formula is C19H11Cl3F7N3O2. The number of esters is 1. The van der Waals surface area contributed by atoms with Crippen molar-refractivity contribution in [3.63, 3.8) is 0 Å². The average molecular weight is 553 g/mol. The van der Waals surface area contributed by atoms with Gasteiger partial charge in [-0.2, -0.15) is 26.3 Å². The van der Waals surface area contributed by atoms with Crippen LogP contribution >= 0.6 is 34.8 Å². The van der Waals surface area contributed by atoms with Gasteiger partial charge in [0, 0.05) is 35.3 Å². The van der Waals surface area contributed by atoms with E-state index >= 15 is 0 Å². The second kappa shape index (κ2) is 9.96. The number of alkyl halides is 7. The Bertz CT molecular complexity index is 1130. The number of allylic oxidation sites excluding steroid dienone is 1. The summed E-state index contributed by atoms with van der Waals surface area (Å²) in [7, 11) is 1.10. The number of rotatable bonds is 5. The Balaban J connectivity index is 2.53. The van der Waals surface area contributed by atoms with Crippen molar-refractivity contribution in [1.29, 1.82) is 0 Å². The first-order chi connectivity index (χ1) is 15.6. The maximum Gasteiger partial charge on any atom is 0.435 e. The molecule has 0 radical (unpaired) electrons. The number of halogens is 10. The van der Waals surface area contributed by atoms with Crippen molar-refractivity contribution in [2.24, 2.45) is 10.7 Å². The molecular weight excluding hydrogens is 542 g/mol. The number of benzene rings is 1. The van der Waals surface area contributed by atoms with Crippen LogP contribution in [0.3, 0.4) is 0 Å². The van der Waals surface area contributed by atoms with Gasteiger partial charge in [0.25, 0.3) is 0 Å². The van der Waals surface area contributed by atoms with Crippen LogP contribution in [-0.4, -0.2) is 36.6 Å². The number of carbonyl (C=O) groups is 1. The van der Waals surface area contributed by atoms with Gasteiger partial charge in [0.05, 0.1) is 22.7 Å². The first kappa shape index (κ1) is 27.7. The lowest BCUT2D eigenvalue weighted by molar-refractivity contribution is -0.348. The predicted molar refractivity (Wildman–Crippen MR) is 112 cm³/mol. The summed E-state index contributed by atoms with van der Waals surface area (Å²) < 4.78 is 96.9. The van der Waals surface area contributed by atoms with Gasteiger partial charge in [-0.15, -0.1) is 0 Å². The van der Waals surface area contributed by atoms with Crippen LogP contribution < -0.4 is 5.73 Å². The van der Waals surface area contributed by atoms with Crippen molar-refractivity contribution in [3.8, 4) is 0 Å². The van der Waals surface area contributed by atoms with E-state index in [9.17, 15) is 35.5 Å². The van der Waals surface area contributed by atoms with E-state index in [-0.39, 0.29) is 34.0 Å². The Hall–Kier alpha value is -2.57. The highest BCUT2D eigenvalue weighted by molar-refractivity contribution is 6.39. The fourth-order valence-corrected chi connectivity index (χ4v) is 3.35. The minimum atomic E-state index is -6.35. The SMILES string of the molecule is COC(=O)c1cc(/C(C=Nc2c(Cl)cc(C(F)(C(F)(F)F)C(F)(F)F)cc2Cl)=C/N)cnc1Cl. The van der Waals surface area contributed by atoms with Gasteiger partial charge >= 0.3 is 24.0 Å². The van der Waals surface area contributed by atoms with Crippen LogP contribution in [0.25, 0.3) is 5.57 Å². The second-order valence-electron chi connectivity index (χ2n) is 6.38. The van der Waals surface area contributed by atoms with Crippen molar-refractivity contribution < 1.29 is 40.3 Å². The number of carbonyl (C=O) groups excluding carboxylic acids is 1. The number of methoxy groups -OCH3 is 1. The number of nitrogens with two attached hydrogens (primary N) is 1. The first-order valence-corrected chi connectivity index (χ1v) is 9.74. The highest BCUT2D eigenvalue weighted by Crippen LogP contribution is 2.54. The highest BCUT2D eigenvalue weighted by atomic mass is 35.5. The molecule has 0 amide bonds. The van der Waals surface area contributed by atoms with Gasteiger partial charge in [-0.25, -0.2) is 14.2 Å². The zero-order chi connectivity index (χ0) is 26.1. The fourth-order valence-electron chi connectivity index (χ4n) is 2.58. The highest BCUT2D eigenvalue weighted by Gasteiger charge is 2.73. The van der Waals surface area contributed by atoms with Gasteiger partial charge in [0.15, 0.2) is 0 Å². The third-order valence-corrected chi connectivity index (χ3v) is 5.16. The number of aromatic nitrogens is 1. The van der Waals surface area contributed by atoms with Crippen LogP contribution in [0, 0.1) is 0 Å². The maximum absolute atomic E-state index is 14.3. The molecule has 1 aromatic heterocycles. The summed E-state index contributed by atoms with van der Waals surface area (Å²) >= 11 is 17.4. The lowest BCUT2D eigenvalue weighted by Crippen LogP contribution is -2.50. The van der Waals surface area contributed by atoms with Crippen molar-refractivity contribution in [3.05, 3.63) is 62.5 Å². The largest absolute Gasteiger partial charge is 0.465 e. The summed E-state index contributed by atoms with van der Waals surface area (Å²) in [5, 5.41) is -1.81. The van der Waals surface area contributed by atoms with Crippen molar-refractivity contribution in [1.82, 2.24) is 4.98 Å². The summed E-state index contributed by atoms with van der Waals surface area (Å²) in [6.07, 6.45) is -9.54. The summed E-state index contributed by atoms with van der Waals surface area (Å²) in [4.78, 5) is 19.4. The zero-order valence-corrected chi connectivity index (χ0v) is 18.8. The molecule has 15 heteroatoms. The Morgan fingerprint density at radius 2 is 1.56 bits per heavy atom. The van der Waals surface area contributed by atoms with Crippen molar-refractivity contribution in [2.75, 3.05) is 7.11 Å². The second-order valence-corrected chi connectivity index (χ2v) is 7.55. The van der Waals surface area contributed by atoms with Gasteiger partial charge in [0.2, 0.25) is 0 Å². The Kier molecular flexibility index (Phi) is 8.11. The molecule has 2 aromatic rings. The van der Waals surface area contributed by atoms with E-state index in [1.807, 2.05) is 0 Å². The number of ether oxygens (including phenoxy) is 1. The van der Waals surface area contributed by atoms with Crippen LogP contribution in [0.2, 0.25) is 15.2 Å². The molecule has 0 aliphatic rings. The van der Waals surface area contributed by atoms with Crippen LogP contribution in [0.4, 0.5) is 36.4 Å². The number of hydrogen-bond acceptors (Lipinski definition) is 5. The van der Waals surface area contributed by atoms with Gasteiger partial charge in [-0.3, -0.25) is 4.99 Å². The molecule has 0 unspecified atom stereocenters. The fraction of sp³-hybridized carbons (Fsp3) is 0.211. The lowest BCUT2D eigenvalue weighted by atomic mass is 9.94. The van der Waals surface area contributed by atoms with E-state index in [2.05, 4.69) is 14.7 Å². The summed E-state index contributed by atoms with van der Waals surface area (Å²) in [5.41, 5.74) is -2.44. The minimum Gasteiger partial charge on any atom is -0.465 e. The molecule has 2 rings (SSSR count). The molecule has 1 aromatic carbocycles. The van der Waals surface area contributed by atoms with Crippen LogP contribution in [0.15, 0.2) is 35.6 Å². The van der Waals surface area contributed by atoms with Crippen LogP contribution in [0.1, 0.15) is 21.5 Å². The summed E-state index contributed by atoms with van der Waals surface area (Å²) in [5.74, 6) is -0.821. The van der Waals surface area contributed by atoms with Crippen LogP contribution in [0.5, 0.6) is 0 Å². The summed E-state index contributed by atoms with van der Waals surface area (Å²) in [6.45, 7) is 0. The Morgan fingerprint density at radius 3 is 2.00 bits per heavy atom. The van der Waals surface area contributed by atoms with Gasteiger partial charge in [-0.1, -0.05) is 34.8 Å². The third-order valence-electron chi connectivity index (χ3n) is 4.29. The van der Waals surface area contributed by atoms with E-state index < -0.39 is 45.3 Å². The number of pyridine rings is 1. The molecule has 184 valence electrons. The molecule has 34 heavy (non-hydrogen) atoms. The molecule has 0 bridgehead atoms. The molecule has 0 fully saturated rings. The maximum atomic E-state index is 14.3. The molecule has 0 saturated heterocycles. The molecule has 0 saturated carbocycles. The molecule has 0 atom stereocenters. The molecule has 0 aliphatic heterocycles. The molecule has 5 nitrogen and oxygen atoms in total. The topological polar surface area (TPSA) is 77.6 Å². The Labute approximate surface area is 202 Å².